The van der Waals surface area contributed by atoms with Crippen molar-refractivity contribution in [1.82, 2.24) is 10.2 Å². The van der Waals surface area contributed by atoms with E-state index in [4.69, 9.17) is 9.47 Å². The number of ether oxygens (including phenoxy) is 2. The maximum absolute atomic E-state index is 12.5. The number of urea groups is 1. The van der Waals surface area contributed by atoms with E-state index in [1.54, 1.807) is 0 Å². The van der Waals surface area contributed by atoms with Gasteiger partial charge < -0.3 is 19.7 Å². The second-order valence-corrected chi connectivity index (χ2v) is 7.05. The first kappa shape index (κ1) is 16.1. The van der Waals surface area contributed by atoms with Crippen molar-refractivity contribution in [2.24, 2.45) is 5.92 Å². The van der Waals surface area contributed by atoms with E-state index in [0.717, 1.165) is 25.4 Å². The maximum Gasteiger partial charge on any atom is 0.317 e. The molecule has 0 spiro atoms. The Labute approximate surface area is 133 Å². The van der Waals surface area contributed by atoms with Crippen LogP contribution >= 0.6 is 0 Å². The zero-order chi connectivity index (χ0) is 15.4. The Morgan fingerprint density at radius 1 is 1.27 bits per heavy atom. The molecule has 0 unspecified atom stereocenters. The summed E-state index contributed by atoms with van der Waals surface area (Å²) in [5.74, 6) is 0.727. The first-order valence-corrected chi connectivity index (χ1v) is 9.01. The molecule has 126 valence electrons. The molecule has 3 aliphatic rings. The van der Waals surface area contributed by atoms with Gasteiger partial charge in [-0.25, -0.2) is 4.79 Å². The van der Waals surface area contributed by atoms with Gasteiger partial charge in [-0.2, -0.15) is 0 Å². The SMILES string of the molecule is C[C@@H]1C[C@@H]2CCCC[C@H]2N1C(=O)NCCOC[C@H]1CCCO1. The number of hydrogen-bond donors (Lipinski definition) is 1. The number of fused-ring (bicyclic) bond motifs is 1. The van der Waals surface area contributed by atoms with Crippen LogP contribution in [0.4, 0.5) is 4.79 Å². The highest BCUT2D eigenvalue weighted by Gasteiger charge is 2.42. The lowest BCUT2D eigenvalue weighted by molar-refractivity contribution is 0.0184. The first-order chi connectivity index (χ1) is 10.8. The molecule has 4 atom stereocenters. The Kier molecular flexibility index (Phi) is 5.58. The number of nitrogens with zero attached hydrogens (tertiary/aromatic N) is 1. The van der Waals surface area contributed by atoms with Crippen LogP contribution in [0.25, 0.3) is 0 Å². The predicted molar refractivity (Wildman–Crippen MR) is 84.9 cm³/mol. The number of hydrogen-bond acceptors (Lipinski definition) is 3. The third-order valence-corrected chi connectivity index (χ3v) is 5.43. The van der Waals surface area contributed by atoms with Crippen molar-refractivity contribution in [3.05, 3.63) is 0 Å². The maximum atomic E-state index is 12.5. The van der Waals surface area contributed by atoms with Crippen LogP contribution in [0, 0.1) is 5.92 Å². The van der Waals surface area contributed by atoms with Gasteiger partial charge in [0, 0.05) is 25.2 Å². The van der Waals surface area contributed by atoms with Crippen LogP contribution in [0.3, 0.4) is 0 Å². The summed E-state index contributed by atoms with van der Waals surface area (Å²) in [7, 11) is 0. The summed E-state index contributed by atoms with van der Waals surface area (Å²) in [6.07, 6.45) is 8.75. The zero-order valence-electron chi connectivity index (χ0n) is 13.8. The van der Waals surface area contributed by atoms with Crippen LogP contribution in [0.15, 0.2) is 0 Å². The topological polar surface area (TPSA) is 50.8 Å². The second kappa shape index (κ2) is 7.64. The highest BCUT2D eigenvalue weighted by atomic mass is 16.5. The minimum Gasteiger partial charge on any atom is -0.377 e. The van der Waals surface area contributed by atoms with Crippen molar-refractivity contribution in [1.29, 1.82) is 0 Å². The summed E-state index contributed by atoms with van der Waals surface area (Å²) in [6.45, 7) is 4.86. The summed E-state index contributed by atoms with van der Waals surface area (Å²) in [5, 5.41) is 3.03. The highest BCUT2D eigenvalue weighted by molar-refractivity contribution is 5.75. The van der Waals surface area contributed by atoms with E-state index in [1.807, 2.05) is 0 Å². The van der Waals surface area contributed by atoms with Gasteiger partial charge in [-0.3, -0.25) is 0 Å². The Bertz CT molecular complexity index is 371. The number of carbonyl (C=O) groups is 1. The molecule has 3 rings (SSSR count). The zero-order valence-corrected chi connectivity index (χ0v) is 13.8. The van der Waals surface area contributed by atoms with E-state index in [-0.39, 0.29) is 12.1 Å². The number of amides is 2. The molecule has 1 N–H and O–H groups in total. The molecule has 3 fully saturated rings. The molecule has 1 aliphatic carbocycles. The Morgan fingerprint density at radius 3 is 2.95 bits per heavy atom. The quantitative estimate of drug-likeness (QED) is 0.794. The minimum atomic E-state index is 0.0996. The lowest BCUT2D eigenvalue weighted by Gasteiger charge is -2.33. The molecule has 2 saturated heterocycles. The van der Waals surface area contributed by atoms with Crippen molar-refractivity contribution in [3.63, 3.8) is 0 Å². The van der Waals surface area contributed by atoms with Gasteiger partial charge in [-0.05, 0) is 44.9 Å². The summed E-state index contributed by atoms with van der Waals surface area (Å²) in [6, 6.07) is 0.945. The van der Waals surface area contributed by atoms with E-state index in [2.05, 4.69) is 17.1 Å². The average Bonchev–Trinajstić information content (AvgIpc) is 3.13. The van der Waals surface area contributed by atoms with Gasteiger partial charge in [-0.1, -0.05) is 12.8 Å². The van der Waals surface area contributed by atoms with Crippen LogP contribution in [0.1, 0.15) is 51.9 Å². The van der Waals surface area contributed by atoms with Gasteiger partial charge in [0.15, 0.2) is 0 Å². The van der Waals surface area contributed by atoms with E-state index in [0.29, 0.717) is 31.8 Å². The summed E-state index contributed by atoms with van der Waals surface area (Å²) in [4.78, 5) is 14.6. The van der Waals surface area contributed by atoms with Gasteiger partial charge >= 0.3 is 6.03 Å². The molecular formula is C17H30N2O3. The van der Waals surface area contributed by atoms with E-state index in [1.165, 1.54) is 32.1 Å². The van der Waals surface area contributed by atoms with Crippen LogP contribution in [0.5, 0.6) is 0 Å². The molecule has 22 heavy (non-hydrogen) atoms. The van der Waals surface area contributed by atoms with E-state index in [9.17, 15) is 4.79 Å². The van der Waals surface area contributed by atoms with Crippen molar-refractivity contribution >= 4 is 6.03 Å². The van der Waals surface area contributed by atoms with Gasteiger partial charge in [0.1, 0.15) is 0 Å². The van der Waals surface area contributed by atoms with Crippen molar-refractivity contribution in [2.45, 2.75) is 70.1 Å². The van der Waals surface area contributed by atoms with Gasteiger partial charge in [-0.15, -0.1) is 0 Å². The van der Waals surface area contributed by atoms with Crippen molar-refractivity contribution in [2.75, 3.05) is 26.4 Å². The largest absolute Gasteiger partial charge is 0.377 e. The van der Waals surface area contributed by atoms with Crippen LogP contribution in [-0.4, -0.2) is 55.5 Å². The molecule has 0 aromatic carbocycles. The fraction of sp³-hybridized carbons (Fsp3) is 0.941. The van der Waals surface area contributed by atoms with Crippen molar-refractivity contribution < 1.29 is 14.3 Å². The molecule has 1 saturated carbocycles. The second-order valence-electron chi connectivity index (χ2n) is 7.05. The number of nitrogens with one attached hydrogen (secondary N) is 1. The summed E-state index contributed by atoms with van der Waals surface area (Å²) >= 11 is 0. The molecule has 0 aromatic heterocycles. The summed E-state index contributed by atoms with van der Waals surface area (Å²) in [5.41, 5.74) is 0. The number of likely N-dealkylation sites (tertiary alicyclic amines) is 1. The number of carbonyl (C=O) groups excluding carboxylic acids is 1. The predicted octanol–water partition coefficient (Wildman–Crippen LogP) is 2.54. The monoisotopic (exact) mass is 310 g/mol. The van der Waals surface area contributed by atoms with Gasteiger partial charge in [0.05, 0.1) is 19.3 Å². The normalized spacial score (nSPS) is 34.7. The lowest BCUT2D eigenvalue weighted by Crippen LogP contribution is -2.48. The third kappa shape index (κ3) is 3.74. The third-order valence-electron chi connectivity index (χ3n) is 5.43. The molecule has 5 nitrogen and oxygen atoms in total. The standard InChI is InChI=1S/C17H30N2O3/c1-13-11-14-5-2-3-7-16(14)19(13)17(20)18-8-10-21-12-15-6-4-9-22-15/h13-16H,2-12H2,1H3,(H,18,20)/t13-,14+,15-,16-/m1/s1. The van der Waals surface area contributed by atoms with Gasteiger partial charge in [0.2, 0.25) is 0 Å². The van der Waals surface area contributed by atoms with Crippen LogP contribution < -0.4 is 5.32 Å². The van der Waals surface area contributed by atoms with Crippen LogP contribution in [-0.2, 0) is 9.47 Å². The van der Waals surface area contributed by atoms with E-state index >= 15 is 0 Å². The molecule has 0 bridgehead atoms. The number of rotatable bonds is 5. The smallest absolute Gasteiger partial charge is 0.317 e. The lowest BCUT2D eigenvalue weighted by atomic mass is 9.85. The molecule has 2 aliphatic heterocycles. The fourth-order valence-corrected chi connectivity index (χ4v) is 4.37. The molecule has 0 aromatic rings. The van der Waals surface area contributed by atoms with Crippen molar-refractivity contribution in [3.8, 4) is 0 Å². The highest BCUT2D eigenvalue weighted by Crippen LogP contribution is 2.39. The van der Waals surface area contributed by atoms with Gasteiger partial charge in [0.25, 0.3) is 0 Å². The Morgan fingerprint density at radius 2 is 2.14 bits per heavy atom. The molecule has 2 amide bonds. The van der Waals surface area contributed by atoms with Crippen LogP contribution in [0.2, 0.25) is 0 Å². The Balaban J connectivity index is 1.36. The molecule has 2 heterocycles. The fourth-order valence-electron chi connectivity index (χ4n) is 4.37. The Hall–Kier alpha value is -0.810. The molecule has 5 heteroatoms. The minimum absolute atomic E-state index is 0.0996. The summed E-state index contributed by atoms with van der Waals surface area (Å²) < 4.78 is 11.1. The molecule has 0 radical (unpaired) electrons. The molecular weight excluding hydrogens is 280 g/mol. The van der Waals surface area contributed by atoms with E-state index < -0.39 is 0 Å². The first-order valence-electron chi connectivity index (χ1n) is 9.01. The average molecular weight is 310 g/mol.